The highest BCUT2D eigenvalue weighted by molar-refractivity contribution is 6.30. The number of nitrogens with one attached hydrogen (secondary N) is 1. The number of anilines is 1. The van der Waals surface area contributed by atoms with E-state index in [1.807, 2.05) is 18.2 Å². The number of carbonyl (C=O) groups excluding carboxylic acids is 1. The van der Waals surface area contributed by atoms with Crippen LogP contribution in [-0.4, -0.2) is 29.6 Å². The maximum absolute atomic E-state index is 13.1. The molecule has 0 fully saturated rings. The number of halogens is 1. The first-order valence-electron chi connectivity index (χ1n) is 9.62. The molecule has 7 nitrogen and oxygen atoms in total. The van der Waals surface area contributed by atoms with E-state index in [-0.39, 0.29) is 18.8 Å². The Morgan fingerprint density at radius 3 is 2.52 bits per heavy atom. The Bertz CT molecular complexity index is 1120. The third kappa shape index (κ3) is 5.73. The number of hydrogen-bond acceptors (Lipinski definition) is 5. The Labute approximate surface area is 184 Å². The van der Waals surface area contributed by atoms with Crippen molar-refractivity contribution in [3.05, 3.63) is 81.7 Å². The third-order valence-electron chi connectivity index (χ3n) is 4.41. The molecule has 0 spiro atoms. The molecule has 1 N–H and O–H groups in total. The average molecular weight is 440 g/mol. The van der Waals surface area contributed by atoms with Crippen LogP contribution in [0.1, 0.15) is 12.5 Å². The summed E-state index contributed by atoms with van der Waals surface area (Å²) in [6.07, 6.45) is 4.50. The van der Waals surface area contributed by atoms with Gasteiger partial charge in [0.15, 0.2) is 0 Å². The molecule has 31 heavy (non-hydrogen) atoms. The van der Waals surface area contributed by atoms with Crippen LogP contribution >= 0.6 is 11.6 Å². The van der Waals surface area contributed by atoms with Crippen LogP contribution in [0, 0.1) is 0 Å². The van der Waals surface area contributed by atoms with E-state index < -0.39 is 11.7 Å². The topological polar surface area (TPSA) is 82.4 Å². The predicted octanol–water partition coefficient (Wildman–Crippen LogP) is 4.85. The minimum absolute atomic E-state index is 0.0958. The minimum Gasteiger partial charge on any atom is -0.497 e. The van der Waals surface area contributed by atoms with E-state index >= 15 is 0 Å². The molecule has 160 valence electrons. The fraction of sp³-hybridized carbons (Fsp3) is 0.174. The van der Waals surface area contributed by atoms with Crippen molar-refractivity contribution in [1.29, 1.82) is 0 Å². The SMILES string of the molecule is CCOC(=O)Nc1c(-c2ccc(OC)cc2)cnn(C/C=C/c2ccc(Cl)cc2)c1=O. The molecule has 0 atom stereocenters. The van der Waals surface area contributed by atoms with E-state index in [0.717, 1.165) is 5.56 Å². The van der Waals surface area contributed by atoms with Crippen molar-refractivity contribution >= 4 is 29.5 Å². The molecule has 0 aliphatic rings. The maximum Gasteiger partial charge on any atom is 0.411 e. The Kier molecular flexibility index (Phi) is 7.45. The Morgan fingerprint density at radius 2 is 1.87 bits per heavy atom. The lowest BCUT2D eigenvalue weighted by Crippen LogP contribution is -2.28. The zero-order chi connectivity index (χ0) is 22.2. The van der Waals surface area contributed by atoms with Crippen LogP contribution in [0.3, 0.4) is 0 Å². The number of methoxy groups -OCH3 is 1. The first kappa shape index (κ1) is 22.1. The second-order valence-corrected chi connectivity index (χ2v) is 6.88. The molecule has 0 saturated carbocycles. The molecule has 0 unspecified atom stereocenters. The summed E-state index contributed by atoms with van der Waals surface area (Å²) in [5.74, 6) is 0.678. The van der Waals surface area contributed by atoms with E-state index in [1.165, 1.54) is 4.68 Å². The van der Waals surface area contributed by atoms with Gasteiger partial charge in [0.05, 0.1) is 26.5 Å². The normalized spacial score (nSPS) is 10.8. The van der Waals surface area contributed by atoms with Gasteiger partial charge < -0.3 is 9.47 Å². The van der Waals surface area contributed by atoms with E-state index in [4.69, 9.17) is 21.1 Å². The minimum atomic E-state index is -0.705. The number of amides is 1. The van der Waals surface area contributed by atoms with Gasteiger partial charge in [-0.05, 0) is 42.3 Å². The fourth-order valence-corrected chi connectivity index (χ4v) is 2.99. The standard InChI is InChI=1S/C23H22ClN3O4/c1-3-31-23(29)26-21-20(17-8-12-19(30-2)13-9-17)15-25-27(22(21)28)14-4-5-16-6-10-18(24)11-7-16/h4-13,15H,3,14H2,1-2H3,(H,26,29)/b5-4+. The molecular weight excluding hydrogens is 418 g/mol. The van der Waals surface area contributed by atoms with Crippen LogP contribution in [0.2, 0.25) is 5.02 Å². The molecule has 0 aliphatic carbocycles. The molecule has 0 radical (unpaired) electrons. The Morgan fingerprint density at radius 1 is 1.16 bits per heavy atom. The molecule has 0 aliphatic heterocycles. The van der Waals surface area contributed by atoms with Crippen molar-refractivity contribution in [3.63, 3.8) is 0 Å². The van der Waals surface area contributed by atoms with Crippen molar-refractivity contribution < 1.29 is 14.3 Å². The van der Waals surface area contributed by atoms with Gasteiger partial charge in [-0.3, -0.25) is 10.1 Å². The third-order valence-corrected chi connectivity index (χ3v) is 4.66. The summed E-state index contributed by atoms with van der Waals surface area (Å²) in [6, 6.07) is 14.4. The summed E-state index contributed by atoms with van der Waals surface area (Å²) >= 11 is 5.89. The lowest BCUT2D eigenvalue weighted by Gasteiger charge is -2.13. The average Bonchev–Trinajstić information content (AvgIpc) is 2.78. The fourth-order valence-electron chi connectivity index (χ4n) is 2.86. The van der Waals surface area contributed by atoms with Crippen LogP contribution in [0.25, 0.3) is 17.2 Å². The number of ether oxygens (including phenoxy) is 2. The van der Waals surface area contributed by atoms with E-state index in [2.05, 4.69) is 10.4 Å². The number of hydrogen-bond donors (Lipinski definition) is 1. The van der Waals surface area contributed by atoms with Crippen LogP contribution in [0.4, 0.5) is 10.5 Å². The Balaban J connectivity index is 1.92. The van der Waals surface area contributed by atoms with E-state index in [9.17, 15) is 9.59 Å². The molecule has 3 aromatic rings. The number of nitrogens with zero attached hydrogens (tertiary/aromatic N) is 2. The van der Waals surface area contributed by atoms with Crippen molar-refractivity contribution in [3.8, 4) is 16.9 Å². The summed E-state index contributed by atoms with van der Waals surface area (Å²) < 4.78 is 11.4. The molecule has 0 bridgehead atoms. The highest BCUT2D eigenvalue weighted by atomic mass is 35.5. The molecule has 2 aromatic carbocycles. The van der Waals surface area contributed by atoms with Gasteiger partial charge in [0.2, 0.25) is 0 Å². The molecular formula is C23H22ClN3O4. The number of allylic oxidation sites excluding steroid dienone is 1. The Hall–Kier alpha value is -3.58. The monoisotopic (exact) mass is 439 g/mol. The van der Waals surface area contributed by atoms with E-state index in [0.29, 0.717) is 21.9 Å². The summed E-state index contributed by atoms with van der Waals surface area (Å²) in [7, 11) is 1.57. The lowest BCUT2D eigenvalue weighted by atomic mass is 10.1. The first-order valence-corrected chi connectivity index (χ1v) is 10.00. The van der Waals surface area contributed by atoms with Gasteiger partial charge in [-0.2, -0.15) is 5.10 Å². The second-order valence-electron chi connectivity index (χ2n) is 6.45. The van der Waals surface area contributed by atoms with Gasteiger partial charge >= 0.3 is 6.09 Å². The highest BCUT2D eigenvalue weighted by Crippen LogP contribution is 2.26. The van der Waals surface area contributed by atoms with Crippen molar-refractivity contribution in [2.45, 2.75) is 13.5 Å². The summed E-state index contributed by atoms with van der Waals surface area (Å²) in [6.45, 7) is 2.10. The number of rotatable bonds is 7. The van der Waals surface area contributed by atoms with Crippen LogP contribution < -0.4 is 15.6 Å². The summed E-state index contributed by atoms with van der Waals surface area (Å²) in [5.41, 5.74) is 1.79. The molecule has 1 aromatic heterocycles. The quantitative estimate of drug-likeness (QED) is 0.568. The van der Waals surface area contributed by atoms with Crippen molar-refractivity contribution in [2.24, 2.45) is 0 Å². The molecule has 3 rings (SSSR count). The number of aromatic nitrogens is 2. The molecule has 8 heteroatoms. The smallest absolute Gasteiger partial charge is 0.411 e. The predicted molar refractivity (Wildman–Crippen MR) is 122 cm³/mol. The van der Waals surface area contributed by atoms with Crippen LogP contribution in [0.15, 0.2) is 65.6 Å². The largest absolute Gasteiger partial charge is 0.497 e. The van der Waals surface area contributed by atoms with Crippen LogP contribution in [-0.2, 0) is 11.3 Å². The highest BCUT2D eigenvalue weighted by Gasteiger charge is 2.16. The van der Waals surface area contributed by atoms with Crippen molar-refractivity contribution in [1.82, 2.24) is 9.78 Å². The van der Waals surface area contributed by atoms with Gasteiger partial charge in [0.25, 0.3) is 5.56 Å². The van der Waals surface area contributed by atoms with Gasteiger partial charge in [-0.1, -0.05) is 48.0 Å². The lowest BCUT2D eigenvalue weighted by molar-refractivity contribution is 0.168. The van der Waals surface area contributed by atoms with Gasteiger partial charge in [-0.15, -0.1) is 0 Å². The van der Waals surface area contributed by atoms with Crippen LogP contribution in [0.5, 0.6) is 5.75 Å². The summed E-state index contributed by atoms with van der Waals surface area (Å²) in [5, 5.41) is 7.47. The molecule has 0 saturated heterocycles. The zero-order valence-corrected chi connectivity index (χ0v) is 17.9. The van der Waals surface area contributed by atoms with E-state index in [1.54, 1.807) is 62.7 Å². The summed E-state index contributed by atoms with van der Waals surface area (Å²) in [4.78, 5) is 25.1. The van der Waals surface area contributed by atoms with Gasteiger partial charge in [-0.25, -0.2) is 9.48 Å². The zero-order valence-electron chi connectivity index (χ0n) is 17.2. The first-order chi connectivity index (χ1) is 15.0. The van der Waals surface area contributed by atoms with Gasteiger partial charge in [0, 0.05) is 10.6 Å². The molecule has 1 amide bonds. The second kappa shape index (κ2) is 10.4. The number of benzene rings is 2. The van der Waals surface area contributed by atoms with Gasteiger partial charge in [0.1, 0.15) is 11.4 Å². The number of carbonyl (C=O) groups is 1. The molecule has 1 heterocycles. The van der Waals surface area contributed by atoms with Crippen molar-refractivity contribution in [2.75, 3.05) is 19.0 Å². The maximum atomic E-state index is 13.1.